The van der Waals surface area contributed by atoms with Crippen LogP contribution in [0.2, 0.25) is 0 Å². The van der Waals surface area contributed by atoms with Crippen molar-refractivity contribution >= 4 is 27.9 Å². The summed E-state index contributed by atoms with van der Waals surface area (Å²) < 4.78 is 30.0. The van der Waals surface area contributed by atoms with Crippen LogP contribution in [0.5, 0.6) is 0 Å². The van der Waals surface area contributed by atoms with Crippen molar-refractivity contribution < 1.29 is 52.5 Å². The van der Waals surface area contributed by atoms with E-state index in [2.05, 4.69) is 10.5 Å². The normalized spacial score (nSPS) is 10.9. The van der Waals surface area contributed by atoms with E-state index in [1.807, 2.05) is 0 Å². The van der Waals surface area contributed by atoms with E-state index in [0.717, 1.165) is 12.1 Å². The van der Waals surface area contributed by atoms with Crippen LogP contribution in [0.1, 0.15) is 0 Å². The first-order valence-corrected chi connectivity index (χ1v) is 5.43. The third-order valence-electron chi connectivity index (χ3n) is 1.59. The summed E-state index contributed by atoms with van der Waals surface area (Å²) >= 11 is 0. The first-order valence-electron chi connectivity index (χ1n) is 3.99. The largest absolute Gasteiger partial charge is 1.00 e. The zero-order valence-corrected chi connectivity index (χ0v) is 11.7. The Balaban J connectivity index is 0.00000256. The van der Waals surface area contributed by atoms with Gasteiger partial charge < -0.3 is 10.5 Å². The van der Waals surface area contributed by atoms with Gasteiger partial charge in [0.25, 0.3) is 16.0 Å². The van der Waals surface area contributed by atoms with Gasteiger partial charge in [-0.1, -0.05) is 5.16 Å². The van der Waals surface area contributed by atoms with E-state index in [-0.39, 0.29) is 34.5 Å². The van der Waals surface area contributed by atoms with E-state index >= 15 is 0 Å². The fraction of sp³-hybridized carbons (Fsp3) is 0. The Bertz CT molecular complexity index is 511. The maximum Gasteiger partial charge on any atom is 1.00 e. The third-order valence-corrected chi connectivity index (χ3v) is 2.46. The van der Waals surface area contributed by atoms with Crippen LogP contribution < -0.4 is 34.9 Å². The van der Waals surface area contributed by atoms with E-state index in [1.54, 1.807) is 0 Å². The Morgan fingerprint density at radius 3 is 2.24 bits per heavy atom. The molecule has 0 heterocycles. The Labute approximate surface area is 120 Å². The number of carbonyl (C=O) groups excluding carboxylic acids is 1. The molecule has 17 heavy (non-hydrogen) atoms. The molecule has 0 saturated carbocycles. The van der Waals surface area contributed by atoms with Crippen molar-refractivity contribution in [3.8, 4) is 0 Å². The molecule has 3 N–H and O–H groups in total. The molecule has 0 aliphatic heterocycles. The number of hydrogen-bond acceptors (Lipinski definition) is 5. The van der Waals surface area contributed by atoms with E-state index in [1.165, 1.54) is 12.1 Å². The Kier molecular flexibility index (Phi) is 6.35. The Hall–Kier alpha value is -0.930. The fourth-order valence-corrected chi connectivity index (χ4v) is 1.42. The molecule has 0 atom stereocenters. The quantitative estimate of drug-likeness (QED) is 0.182. The molecule has 1 rings (SSSR count). The van der Waals surface area contributed by atoms with Gasteiger partial charge >= 0.3 is 29.6 Å². The smallest absolute Gasteiger partial charge is 0.411 e. The van der Waals surface area contributed by atoms with Gasteiger partial charge in [0.05, 0.1) is 4.90 Å². The summed E-state index contributed by atoms with van der Waals surface area (Å²) in [5.74, 6) is -0.665. The molecule has 0 saturated heterocycles. The summed E-state index contributed by atoms with van der Waals surface area (Å²) in [4.78, 5) is 10.6. The second-order valence-corrected chi connectivity index (χ2v) is 4.15. The zero-order chi connectivity index (χ0) is 12.2. The fourth-order valence-electron chi connectivity index (χ4n) is 0.937. The summed E-state index contributed by atoms with van der Waals surface area (Å²) in [7, 11) is -4.24. The number of benzene rings is 1. The van der Waals surface area contributed by atoms with Gasteiger partial charge in [-0.2, -0.15) is 8.42 Å². The zero-order valence-electron chi connectivity index (χ0n) is 8.86. The number of amides is 1. The van der Waals surface area contributed by atoms with Crippen LogP contribution in [0.15, 0.2) is 34.3 Å². The van der Waals surface area contributed by atoms with Crippen LogP contribution in [0, 0.1) is 0 Å². The van der Waals surface area contributed by atoms with E-state index in [9.17, 15) is 13.2 Å². The average molecular weight is 267 g/mol. The second kappa shape index (κ2) is 6.72. The number of nitrogens with zero attached hydrogens (tertiary/aromatic N) is 1. The number of carbonyl (C=O) groups is 1. The summed E-state index contributed by atoms with van der Waals surface area (Å²) in [6, 6.07) is 4.82. The van der Waals surface area contributed by atoms with E-state index < -0.39 is 16.0 Å². The molecular formula is C8H8N2NaO5S+. The maximum atomic E-state index is 10.9. The topological polar surface area (TPSA) is 116 Å². The van der Waals surface area contributed by atoms with Crippen LogP contribution in [-0.4, -0.2) is 30.3 Å². The van der Waals surface area contributed by atoms with Gasteiger partial charge in [-0.15, -0.1) is 0 Å². The molecule has 0 bridgehead atoms. The molecule has 0 aromatic heterocycles. The molecule has 0 radical (unpaired) electrons. The Morgan fingerprint density at radius 1 is 1.29 bits per heavy atom. The minimum atomic E-state index is -4.24. The van der Waals surface area contributed by atoms with Crippen LogP contribution in [0.25, 0.3) is 0 Å². The Morgan fingerprint density at radius 2 is 1.82 bits per heavy atom. The van der Waals surface area contributed by atoms with Crippen LogP contribution >= 0.6 is 0 Å². The molecule has 0 spiro atoms. The molecule has 0 aliphatic rings. The van der Waals surface area contributed by atoms with Crippen LogP contribution in [0.4, 0.5) is 5.69 Å². The summed E-state index contributed by atoms with van der Waals surface area (Å²) in [6.07, 6.45) is 0.650. The third kappa shape index (κ3) is 5.29. The predicted octanol–water partition coefficient (Wildman–Crippen LogP) is -2.66. The van der Waals surface area contributed by atoms with Crippen molar-refractivity contribution in [3.05, 3.63) is 24.3 Å². The number of oxime groups is 1. The molecule has 0 fully saturated rings. The first kappa shape index (κ1) is 16.1. The van der Waals surface area contributed by atoms with Crippen molar-refractivity contribution in [2.45, 2.75) is 4.90 Å². The summed E-state index contributed by atoms with van der Waals surface area (Å²) in [5.41, 5.74) is 0.303. The molecule has 0 unspecified atom stereocenters. The van der Waals surface area contributed by atoms with Gasteiger partial charge in [0.2, 0.25) is 0 Å². The van der Waals surface area contributed by atoms with Gasteiger partial charge in [-0.25, -0.2) is 0 Å². The standard InChI is InChI=1S/C8H8N2O5S.Na/c11-8(5-9-12)10-6-1-3-7(4-2-6)16(13,14)15;/h1-5,12H,(H,10,11)(H,13,14,15);/q;+1/b9-5+;. The second-order valence-electron chi connectivity index (χ2n) is 2.73. The van der Waals surface area contributed by atoms with Crippen LogP contribution in [0.3, 0.4) is 0 Å². The number of hydrogen-bond donors (Lipinski definition) is 3. The van der Waals surface area contributed by atoms with Gasteiger partial charge in [-0.05, 0) is 24.3 Å². The molecular weight excluding hydrogens is 259 g/mol. The van der Waals surface area contributed by atoms with Crippen molar-refractivity contribution in [2.75, 3.05) is 5.32 Å². The van der Waals surface area contributed by atoms with Gasteiger partial charge in [0, 0.05) is 5.69 Å². The monoisotopic (exact) mass is 267 g/mol. The van der Waals surface area contributed by atoms with E-state index in [0.29, 0.717) is 11.9 Å². The molecule has 1 aromatic carbocycles. The average Bonchev–Trinajstić information content (AvgIpc) is 2.17. The van der Waals surface area contributed by atoms with Crippen molar-refractivity contribution in [1.29, 1.82) is 0 Å². The molecule has 1 amide bonds. The maximum absolute atomic E-state index is 10.9. The van der Waals surface area contributed by atoms with Crippen molar-refractivity contribution in [3.63, 3.8) is 0 Å². The summed E-state index contributed by atoms with van der Waals surface area (Å²) in [5, 5.41) is 12.9. The minimum Gasteiger partial charge on any atom is -0.411 e. The van der Waals surface area contributed by atoms with Gasteiger partial charge in [0.1, 0.15) is 6.21 Å². The van der Waals surface area contributed by atoms with Crippen LogP contribution in [-0.2, 0) is 14.9 Å². The minimum absolute atomic E-state index is 0. The van der Waals surface area contributed by atoms with E-state index in [4.69, 9.17) is 9.76 Å². The van der Waals surface area contributed by atoms with Gasteiger partial charge in [-0.3, -0.25) is 9.35 Å². The predicted molar refractivity (Wildman–Crippen MR) is 55.2 cm³/mol. The number of nitrogens with one attached hydrogen (secondary N) is 1. The molecule has 0 aliphatic carbocycles. The number of anilines is 1. The molecule has 7 nitrogen and oxygen atoms in total. The molecule has 9 heteroatoms. The van der Waals surface area contributed by atoms with Gasteiger partial charge in [0.15, 0.2) is 0 Å². The SMILES string of the molecule is O=C(/C=N/O)Nc1ccc(S(=O)(=O)O)cc1.[Na+]. The first-order chi connectivity index (χ1) is 7.43. The van der Waals surface area contributed by atoms with Crippen molar-refractivity contribution in [2.24, 2.45) is 5.16 Å². The number of rotatable bonds is 3. The molecule has 1 aromatic rings. The molecule has 86 valence electrons. The van der Waals surface area contributed by atoms with Crippen molar-refractivity contribution in [1.82, 2.24) is 0 Å². The summed E-state index contributed by atoms with van der Waals surface area (Å²) in [6.45, 7) is 0.